The first kappa shape index (κ1) is 23.7. The van der Waals surface area contributed by atoms with Crippen LogP contribution in [0.1, 0.15) is 64.6 Å². The average molecular weight is 334 g/mol. The number of benzene rings is 1. The maximum atomic E-state index is 10.7. The zero-order chi connectivity index (χ0) is 19.3. The molecule has 1 aromatic heterocycles. The SMILES string of the molecule is C=C(C)c1onc(-c2ccc(C(=O)O)cc2)c1N.CC.CC.CC. The van der Waals surface area contributed by atoms with Gasteiger partial charge in [-0.2, -0.15) is 0 Å². The van der Waals surface area contributed by atoms with Crippen LogP contribution in [0.3, 0.4) is 0 Å². The van der Waals surface area contributed by atoms with Crippen LogP contribution in [0.5, 0.6) is 0 Å². The smallest absolute Gasteiger partial charge is 0.335 e. The molecular formula is C19H30N2O3. The van der Waals surface area contributed by atoms with E-state index in [1.807, 2.05) is 41.5 Å². The van der Waals surface area contributed by atoms with Crippen molar-refractivity contribution >= 4 is 17.2 Å². The number of hydrogen-bond acceptors (Lipinski definition) is 4. The molecule has 0 aliphatic rings. The predicted octanol–water partition coefficient (Wildman–Crippen LogP) is 5.73. The second-order valence-corrected chi connectivity index (χ2v) is 3.94. The van der Waals surface area contributed by atoms with Crippen molar-refractivity contribution in [3.63, 3.8) is 0 Å². The molecule has 0 saturated carbocycles. The Balaban J connectivity index is 0. The van der Waals surface area contributed by atoms with E-state index in [1.165, 1.54) is 12.1 Å². The van der Waals surface area contributed by atoms with Gasteiger partial charge in [0.2, 0.25) is 0 Å². The zero-order valence-corrected chi connectivity index (χ0v) is 15.8. The van der Waals surface area contributed by atoms with Gasteiger partial charge in [0.1, 0.15) is 11.4 Å². The number of carbonyl (C=O) groups is 1. The molecule has 0 aliphatic carbocycles. The largest absolute Gasteiger partial charge is 0.478 e. The zero-order valence-electron chi connectivity index (χ0n) is 15.8. The van der Waals surface area contributed by atoms with E-state index in [9.17, 15) is 4.79 Å². The molecule has 0 spiro atoms. The van der Waals surface area contributed by atoms with Crippen LogP contribution < -0.4 is 5.73 Å². The molecule has 1 aromatic carbocycles. The number of nitrogen functional groups attached to an aromatic ring is 1. The normalized spacial score (nSPS) is 8.46. The Kier molecular flexibility index (Phi) is 12.8. The van der Waals surface area contributed by atoms with Gasteiger partial charge >= 0.3 is 5.97 Å². The Morgan fingerprint density at radius 3 is 1.88 bits per heavy atom. The number of carboxylic acids is 1. The third-order valence-corrected chi connectivity index (χ3v) is 2.52. The Labute approximate surface area is 145 Å². The van der Waals surface area contributed by atoms with Crippen LogP contribution in [-0.4, -0.2) is 16.2 Å². The molecule has 2 aromatic rings. The van der Waals surface area contributed by atoms with Gasteiger partial charge in [0.05, 0.1) is 5.56 Å². The summed E-state index contributed by atoms with van der Waals surface area (Å²) < 4.78 is 5.10. The van der Waals surface area contributed by atoms with Gasteiger partial charge in [-0.25, -0.2) is 4.79 Å². The summed E-state index contributed by atoms with van der Waals surface area (Å²) in [7, 11) is 0. The van der Waals surface area contributed by atoms with Crippen LogP contribution >= 0.6 is 0 Å². The number of anilines is 1. The molecule has 5 nitrogen and oxygen atoms in total. The second-order valence-electron chi connectivity index (χ2n) is 3.94. The molecule has 0 bridgehead atoms. The quantitative estimate of drug-likeness (QED) is 0.747. The van der Waals surface area contributed by atoms with Gasteiger partial charge in [0, 0.05) is 5.56 Å². The highest BCUT2D eigenvalue weighted by Crippen LogP contribution is 2.31. The van der Waals surface area contributed by atoms with Crippen molar-refractivity contribution in [1.29, 1.82) is 0 Å². The van der Waals surface area contributed by atoms with Gasteiger partial charge in [0.25, 0.3) is 0 Å². The molecule has 0 fully saturated rings. The highest BCUT2D eigenvalue weighted by atomic mass is 16.5. The Morgan fingerprint density at radius 2 is 1.54 bits per heavy atom. The number of nitrogens with two attached hydrogens (primary N) is 1. The summed E-state index contributed by atoms with van der Waals surface area (Å²) in [5.41, 5.74) is 8.40. The van der Waals surface area contributed by atoms with E-state index in [4.69, 9.17) is 15.4 Å². The molecule has 0 amide bonds. The number of aromatic carboxylic acids is 1. The van der Waals surface area contributed by atoms with Crippen molar-refractivity contribution in [2.75, 3.05) is 5.73 Å². The van der Waals surface area contributed by atoms with E-state index in [0.29, 0.717) is 28.3 Å². The number of nitrogens with zero attached hydrogens (tertiary/aromatic N) is 1. The lowest BCUT2D eigenvalue weighted by atomic mass is 10.1. The third kappa shape index (κ3) is 6.28. The lowest BCUT2D eigenvalue weighted by molar-refractivity contribution is 0.0697. The number of allylic oxidation sites excluding steroid dienone is 1. The summed E-state index contributed by atoms with van der Waals surface area (Å²) in [6.45, 7) is 17.5. The van der Waals surface area contributed by atoms with E-state index in [-0.39, 0.29) is 5.56 Å². The third-order valence-electron chi connectivity index (χ3n) is 2.52. The van der Waals surface area contributed by atoms with Gasteiger partial charge in [0.15, 0.2) is 5.76 Å². The van der Waals surface area contributed by atoms with E-state index in [0.717, 1.165) is 0 Å². The van der Waals surface area contributed by atoms with Gasteiger partial charge in [-0.1, -0.05) is 65.4 Å². The van der Waals surface area contributed by atoms with E-state index in [2.05, 4.69) is 11.7 Å². The highest BCUT2D eigenvalue weighted by Gasteiger charge is 2.15. The lowest BCUT2D eigenvalue weighted by Crippen LogP contribution is -1.95. The monoisotopic (exact) mass is 334 g/mol. The molecule has 2 rings (SSSR count). The highest BCUT2D eigenvalue weighted by molar-refractivity contribution is 5.89. The van der Waals surface area contributed by atoms with E-state index in [1.54, 1.807) is 19.1 Å². The van der Waals surface area contributed by atoms with Crippen LogP contribution in [-0.2, 0) is 0 Å². The van der Waals surface area contributed by atoms with Crippen LogP contribution in [0.4, 0.5) is 5.69 Å². The van der Waals surface area contributed by atoms with Crippen LogP contribution in [0, 0.1) is 0 Å². The molecule has 134 valence electrons. The van der Waals surface area contributed by atoms with Crippen molar-refractivity contribution in [1.82, 2.24) is 5.16 Å². The summed E-state index contributed by atoms with van der Waals surface area (Å²) >= 11 is 0. The molecule has 0 radical (unpaired) electrons. The first-order valence-electron chi connectivity index (χ1n) is 8.25. The Hall–Kier alpha value is -2.56. The standard InChI is InChI=1S/C13H12N2O3.3C2H6/c1-7(2)12-10(14)11(15-18-12)8-3-5-9(6-4-8)13(16)17;3*1-2/h3-6H,1,14H2,2H3,(H,16,17);3*1-2H3. The van der Waals surface area contributed by atoms with E-state index < -0.39 is 5.97 Å². The molecule has 0 unspecified atom stereocenters. The molecule has 24 heavy (non-hydrogen) atoms. The van der Waals surface area contributed by atoms with Crippen molar-refractivity contribution in [2.45, 2.75) is 48.5 Å². The molecule has 5 heteroatoms. The molecule has 0 atom stereocenters. The van der Waals surface area contributed by atoms with Crippen molar-refractivity contribution in [3.05, 3.63) is 42.2 Å². The lowest BCUT2D eigenvalue weighted by Gasteiger charge is -1.99. The summed E-state index contributed by atoms with van der Waals surface area (Å²) in [6, 6.07) is 6.26. The maximum absolute atomic E-state index is 10.7. The first-order valence-corrected chi connectivity index (χ1v) is 8.25. The molecule has 0 aliphatic heterocycles. The fourth-order valence-corrected chi connectivity index (χ4v) is 1.58. The number of rotatable bonds is 3. The van der Waals surface area contributed by atoms with Crippen LogP contribution in [0.25, 0.3) is 16.8 Å². The first-order chi connectivity index (χ1) is 11.5. The van der Waals surface area contributed by atoms with Crippen molar-refractivity contribution < 1.29 is 14.4 Å². The minimum atomic E-state index is -0.975. The van der Waals surface area contributed by atoms with Crippen LogP contribution in [0.2, 0.25) is 0 Å². The topological polar surface area (TPSA) is 89.3 Å². The van der Waals surface area contributed by atoms with Gasteiger partial charge in [-0.3, -0.25) is 0 Å². The Bertz CT molecular complexity index is 614. The van der Waals surface area contributed by atoms with E-state index >= 15 is 0 Å². The fourth-order valence-electron chi connectivity index (χ4n) is 1.58. The summed E-state index contributed by atoms with van der Waals surface area (Å²) in [6.07, 6.45) is 0. The molecular weight excluding hydrogens is 304 g/mol. The van der Waals surface area contributed by atoms with Gasteiger partial charge in [-0.05, 0) is 24.6 Å². The summed E-state index contributed by atoms with van der Waals surface area (Å²) in [4.78, 5) is 10.7. The maximum Gasteiger partial charge on any atom is 0.335 e. The number of aromatic nitrogens is 1. The van der Waals surface area contributed by atoms with Crippen molar-refractivity contribution in [3.8, 4) is 11.3 Å². The summed E-state index contributed by atoms with van der Waals surface area (Å²) in [5, 5.41) is 12.7. The minimum Gasteiger partial charge on any atom is -0.478 e. The number of hydrogen-bond donors (Lipinski definition) is 2. The molecule has 3 N–H and O–H groups in total. The Morgan fingerprint density at radius 1 is 1.08 bits per heavy atom. The predicted molar refractivity (Wildman–Crippen MR) is 102 cm³/mol. The fraction of sp³-hybridized carbons (Fsp3) is 0.368. The van der Waals surface area contributed by atoms with Crippen molar-refractivity contribution in [2.24, 2.45) is 0 Å². The second kappa shape index (κ2) is 12.9. The average Bonchev–Trinajstić information content (AvgIpc) is 3.02. The summed E-state index contributed by atoms with van der Waals surface area (Å²) in [5.74, 6) is -0.524. The minimum absolute atomic E-state index is 0.209. The van der Waals surface area contributed by atoms with Gasteiger partial charge < -0.3 is 15.4 Å². The number of carboxylic acid groups (broad SMARTS) is 1. The molecule has 0 saturated heterocycles. The van der Waals surface area contributed by atoms with Gasteiger partial charge in [-0.15, -0.1) is 0 Å². The van der Waals surface area contributed by atoms with Crippen LogP contribution in [0.15, 0.2) is 35.4 Å². The molecule has 1 heterocycles.